The maximum absolute atomic E-state index is 12.1. The van der Waals surface area contributed by atoms with Crippen LogP contribution in [0.3, 0.4) is 0 Å². The number of nitrogens with two attached hydrogens (primary N) is 2. The van der Waals surface area contributed by atoms with Gasteiger partial charge in [-0.1, -0.05) is 0 Å². The molecule has 0 bridgehead atoms. The molecule has 0 saturated heterocycles. The quantitative estimate of drug-likeness (QED) is 0.761. The van der Waals surface area contributed by atoms with Crippen molar-refractivity contribution in [2.75, 3.05) is 5.32 Å². The summed E-state index contributed by atoms with van der Waals surface area (Å²) in [5.74, 6) is -0.476. The Morgan fingerprint density at radius 1 is 1.32 bits per heavy atom. The summed E-state index contributed by atoms with van der Waals surface area (Å²) in [7, 11) is 0. The van der Waals surface area contributed by atoms with Gasteiger partial charge < -0.3 is 16.8 Å². The van der Waals surface area contributed by atoms with Gasteiger partial charge in [-0.15, -0.1) is 0 Å². The number of rotatable bonds is 3. The number of carbonyl (C=O) groups is 2. The number of hydrogen-bond donors (Lipinski definition) is 3. The lowest BCUT2D eigenvalue weighted by Crippen LogP contribution is -2.23. The normalized spacial score (nSPS) is 22.2. The van der Waals surface area contributed by atoms with E-state index in [0.717, 1.165) is 30.5 Å². The first-order valence-electron chi connectivity index (χ1n) is 6.44. The zero-order valence-corrected chi connectivity index (χ0v) is 11.0. The number of primary amides is 1. The summed E-state index contributed by atoms with van der Waals surface area (Å²) in [4.78, 5) is 23.1. The largest absolute Gasteiger partial charge is 0.366 e. The Hall–Kier alpha value is -1.88. The van der Waals surface area contributed by atoms with Crippen LogP contribution in [0.2, 0.25) is 0 Å². The van der Waals surface area contributed by atoms with Crippen molar-refractivity contribution in [1.82, 2.24) is 0 Å². The maximum atomic E-state index is 12.1. The molecule has 2 unspecified atom stereocenters. The van der Waals surface area contributed by atoms with Crippen molar-refractivity contribution in [3.8, 4) is 0 Å². The Bertz CT molecular complexity index is 513. The number of hydrogen-bond acceptors (Lipinski definition) is 3. The van der Waals surface area contributed by atoms with Crippen molar-refractivity contribution in [2.24, 2.45) is 17.4 Å². The molecule has 5 heteroatoms. The summed E-state index contributed by atoms with van der Waals surface area (Å²) in [6.07, 6.45) is 2.48. The van der Waals surface area contributed by atoms with Gasteiger partial charge in [-0.05, 0) is 49.9 Å². The van der Waals surface area contributed by atoms with Gasteiger partial charge in [-0.3, -0.25) is 9.59 Å². The molecule has 1 aliphatic rings. The molecule has 1 fully saturated rings. The molecular formula is C14H19N3O2. The number of amides is 2. The third-order valence-corrected chi connectivity index (χ3v) is 3.61. The van der Waals surface area contributed by atoms with E-state index in [1.165, 1.54) is 0 Å². The number of anilines is 1. The lowest BCUT2D eigenvalue weighted by Gasteiger charge is -2.13. The second kappa shape index (κ2) is 5.40. The Kier molecular flexibility index (Phi) is 3.85. The maximum Gasteiger partial charge on any atom is 0.248 e. The van der Waals surface area contributed by atoms with Crippen molar-refractivity contribution in [1.29, 1.82) is 0 Å². The van der Waals surface area contributed by atoms with Crippen LogP contribution in [-0.2, 0) is 4.79 Å². The monoisotopic (exact) mass is 261 g/mol. The molecule has 0 spiro atoms. The molecular weight excluding hydrogens is 242 g/mol. The molecule has 0 aromatic heterocycles. The lowest BCUT2D eigenvalue weighted by atomic mass is 10.1. The van der Waals surface area contributed by atoms with Crippen LogP contribution in [-0.4, -0.2) is 17.9 Å². The van der Waals surface area contributed by atoms with Crippen LogP contribution < -0.4 is 16.8 Å². The first-order valence-corrected chi connectivity index (χ1v) is 6.44. The summed E-state index contributed by atoms with van der Waals surface area (Å²) in [5.41, 5.74) is 13.0. The van der Waals surface area contributed by atoms with Crippen molar-refractivity contribution >= 4 is 17.5 Å². The van der Waals surface area contributed by atoms with E-state index in [4.69, 9.17) is 11.5 Å². The highest BCUT2D eigenvalue weighted by molar-refractivity contribution is 5.96. The molecule has 2 rings (SSSR count). The van der Waals surface area contributed by atoms with Crippen LogP contribution in [0.4, 0.5) is 5.69 Å². The van der Waals surface area contributed by atoms with E-state index in [9.17, 15) is 9.59 Å². The highest BCUT2D eigenvalue weighted by atomic mass is 16.2. The van der Waals surface area contributed by atoms with E-state index in [2.05, 4.69) is 5.32 Å². The van der Waals surface area contributed by atoms with Gasteiger partial charge in [0.05, 0.1) is 0 Å². The molecule has 0 heterocycles. The van der Waals surface area contributed by atoms with Crippen molar-refractivity contribution < 1.29 is 9.59 Å². The minimum absolute atomic E-state index is 0.00266. The lowest BCUT2D eigenvalue weighted by molar-refractivity contribution is -0.119. The van der Waals surface area contributed by atoms with Crippen LogP contribution >= 0.6 is 0 Å². The molecule has 0 radical (unpaired) electrons. The topological polar surface area (TPSA) is 98.2 Å². The van der Waals surface area contributed by atoms with Gasteiger partial charge >= 0.3 is 0 Å². The van der Waals surface area contributed by atoms with Gasteiger partial charge in [0.1, 0.15) is 0 Å². The van der Waals surface area contributed by atoms with Gasteiger partial charge in [0.2, 0.25) is 11.8 Å². The Morgan fingerprint density at radius 3 is 2.58 bits per heavy atom. The molecule has 102 valence electrons. The summed E-state index contributed by atoms with van der Waals surface area (Å²) in [6.45, 7) is 1.84. The Balaban J connectivity index is 2.07. The second-order valence-electron chi connectivity index (χ2n) is 5.15. The first-order chi connectivity index (χ1) is 8.97. The zero-order chi connectivity index (χ0) is 14.0. The van der Waals surface area contributed by atoms with Crippen LogP contribution in [0.5, 0.6) is 0 Å². The van der Waals surface area contributed by atoms with E-state index in [-0.39, 0.29) is 17.9 Å². The van der Waals surface area contributed by atoms with Gasteiger partial charge in [0.15, 0.2) is 0 Å². The van der Waals surface area contributed by atoms with Crippen LogP contribution in [0.25, 0.3) is 0 Å². The van der Waals surface area contributed by atoms with Gasteiger partial charge in [-0.25, -0.2) is 0 Å². The molecule has 1 aliphatic carbocycles. The molecule has 1 saturated carbocycles. The number of benzene rings is 1. The molecule has 0 aliphatic heterocycles. The zero-order valence-electron chi connectivity index (χ0n) is 11.0. The van der Waals surface area contributed by atoms with E-state index < -0.39 is 5.91 Å². The van der Waals surface area contributed by atoms with Gasteiger partial charge in [0, 0.05) is 23.2 Å². The van der Waals surface area contributed by atoms with Crippen LogP contribution in [0.15, 0.2) is 18.2 Å². The Morgan fingerprint density at radius 2 is 2.05 bits per heavy atom. The van der Waals surface area contributed by atoms with Crippen LogP contribution in [0, 0.1) is 12.8 Å². The summed E-state index contributed by atoms with van der Waals surface area (Å²) >= 11 is 0. The molecule has 1 aromatic carbocycles. The van der Waals surface area contributed by atoms with E-state index in [1.54, 1.807) is 18.2 Å². The predicted octanol–water partition coefficient (Wildman–Crippen LogP) is 1.16. The molecule has 2 amide bonds. The minimum atomic E-state index is -0.470. The average Bonchev–Trinajstić information content (AvgIpc) is 2.78. The highest BCUT2D eigenvalue weighted by Crippen LogP contribution is 2.26. The fraction of sp³-hybridized carbons (Fsp3) is 0.429. The smallest absolute Gasteiger partial charge is 0.248 e. The third kappa shape index (κ3) is 3.12. The molecule has 5 N–H and O–H groups in total. The van der Waals surface area contributed by atoms with Gasteiger partial charge in [0.25, 0.3) is 0 Å². The van der Waals surface area contributed by atoms with E-state index in [0.29, 0.717) is 5.56 Å². The SMILES string of the molecule is Cc1cc(C(N)=O)ccc1NC(=O)C1CCC(N)C1. The van der Waals surface area contributed by atoms with E-state index in [1.807, 2.05) is 6.92 Å². The predicted molar refractivity (Wildman–Crippen MR) is 73.6 cm³/mol. The highest BCUT2D eigenvalue weighted by Gasteiger charge is 2.27. The molecule has 19 heavy (non-hydrogen) atoms. The summed E-state index contributed by atoms with van der Waals surface area (Å²) in [5, 5.41) is 2.89. The first kappa shape index (κ1) is 13.5. The fourth-order valence-electron chi connectivity index (χ4n) is 2.45. The summed E-state index contributed by atoms with van der Waals surface area (Å²) in [6, 6.07) is 5.14. The van der Waals surface area contributed by atoms with Crippen molar-refractivity contribution in [3.63, 3.8) is 0 Å². The van der Waals surface area contributed by atoms with Gasteiger partial charge in [-0.2, -0.15) is 0 Å². The average molecular weight is 261 g/mol. The third-order valence-electron chi connectivity index (χ3n) is 3.61. The Labute approximate surface area is 112 Å². The second-order valence-corrected chi connectivity index (χ2v) is 5.15. The van der Waals surface area contributed by atoms with Crippen molar-refractivity contribution in [2.45, 2.75) is 32.2 Å². The van der Waals surface area contributed by atoms with E-state index >= 15 is 0 Å². The summed E-state index contributed by atoms with van der Waals surface area (Å²) < 4.78 is 0. The standard InChI is InChI=1S/C14H19N3O2/c1-8-6-9(13(16)18)3-5-12(8)17-14(19)10-2-4-11(15)7-10/h3,5-6,10-11H,2,4,7,15H2,1H3,(H2,16,18)(H,17,19). The van der Waals surface area contributed by atoms with Crippen molar-refractivity contribution in [3.05, 3.63) is 29.3 Å². The number of carbonyl (C=O) groups excluding carboxylic acids is 2. The molecule has 1 aromatic rings. The minimum Gasteiger partial charge on any atom is -0.366 e. The number of aryl methyl sites for hydroxylation is 1. The number of nitrogens with one attached hydrogen (secondary N) is 1. The van der Waals surface area contributed by atoms with Crippen LogP contribution in [0.1, 0.15) is 35.2 Å². The molecule has 5 nitrogen and oxygen atoms in total. The molecule has 2 atom stereocenters. The fourth-order valence-corrected chi connectivity index (χ4v) is 2.45.